The van der Waals surface area contributed by atoms with Crippen LogP contribution in [0.5, 0.6) is 5.75 Å². The summed E-state index contributed by atoms with van der Waals surface area (Å²) in [5.74, 6) is 0.234. The van der Waals surface area contributed by atoms with Gasteiger partial charge in [0.05, 0.1) is 18.1 Å². The van der Waals surface area contributed by atoms with Crippen LogP contribution in [0.1, 0.15) is 24.2 Å². The third-order valence-corrected chi connectivity index (χ3v) is 2.22. The van der Waals surface area contributed by atoms with Crippen molar-refractivity contribution < 1.29 is 19.1 Å². The van der Waals surface area contributed by atoms with Gasteiger partial charge >= 0.3 is 5.97 Å². The Hall–Kier alpha value is -1.84. The zero-order valence-corrected chi connectivity index (χ0v) is 10.2. The van der Waals surface area contributed by atoms with Crippen LogP contribution in [0.2, 0.25) is 0 Å². The van der Waals surface area contributed by atoms with Crippen LogP contribution in [0.4, 0.5) is 0 Å². The summed E-state index contributed by atoms with van der Waals surface area (Å²) in [6, 6.07) is 6.60. The first-order chi connectivity index (χ1) is 7.98. The molecule has 0 aromatic heterocycles. The van der Waals surface area contributed by atoms with Crippen LogP contribution in [0.15, 0.2) is 24.3 Å². The molecule has 0 saturated heterocycles. The van der Waals surface area contributed by atoms with E-state index in [2.05, 4.69) is 0 Å². The van der Waals surface area contributed by atoms with Crippen molar-refractivity contribution in [2.75, 3.05) is 13.7 Å². The van der Waals surface area contributed by atoms with E-state index >= 15 is 0 Å². The predicted octanol–water partition coefficient (Wildman–Crippen LogP) is 2.08. The number of hydrogen-bond acceptors (Lipinski definition) is 4. The van der Waals surface area contributed by atoms with Gasteiger partial charge in [-0.05, 0) is 38.1 Å². The van der Waals surface area contributed by atoms with Crippen LogP contribution in [-0.2, 0) is 9.53 Å². The van der Waals surface area contributed by atoms with E-state index in [9.17, 15) is 9.59 Å². The Morgan fingerprint density at radius 1 is 1.29 bits per heavy atom. The summed E-state index contributed by atoms with van der Waals surface area (Å²) in [6.45, 7) is 3.49. The average molecular weight is 236 g/mol. The lowest BCUT2D eigenvalue weighted by Crippen LogP contribution is -2.23. The molecule has 0 amide bonds. The zero-order valence-electron chi connectivity index (χ0n) is 10.2. The van der Waals surface area contributed by atoms with Crippen molar-refractivity contribution in [1.29, 1.82) is 0 Å². The van der Waals surface area contributed by atoms with E-state index in [1.807, 2.05) is 0 Å². The second-order valence-corrected chi connectivity index (χ2v) is 4.41. The van der Waals surface area contributed by atoms with Crippen LogP contribution < -0.4 is 4.74 Å². The van der Waals surface area contributed by atoms with Crippen LogP contribution in [-0.4, -0.2) is 26.0 Å². The quantitative estimate of drug-likeness (QED) is 0.580. The minimum absolute atomic E-state index is 0.0708. The van der Waals surface area contributed by atoms with Gasteiger partial charge in [-0.15, -0.1) is 0 Å². The highest BCUT2D eigenvalue weighted by Crippen LogP contribution is 2.15. The Morgan fingerprint density at radius 2 is 1.88 bits per heavy atom. The fourth-order valence-electron chi connectivity index (χ4n) is 1.10. The van der Waals surface area contributed by atoms with Gasteiger partial charge in [0.2, 0.25) is 0 Å². The summed E-state index contributed by atoms with van der Waals surface area (Å²) < 4.78 is 10.0. The van der Waals surface area contributed by atoms with Gasteiger partial charge in [-0.1, -0.05) is 0 Å². The molecule has 0 fully saturated rings. The number of esters is 1. The molecule has 0 aliphatic rings. The van der Waals surface area contributed by atoms with E-state index in [0.717, 1.165) is 6.29 Å². The molecule has 0 aliphatic carbocycles. The summed E-state index contributed by atoms with van der Waals surface area (Å²) >= 11 is 0. The van der Waals surface area contributed by atoms with Crippen molar-refractivity contribution in [3.63, 3.8) is 0 Å². The number of ether oxygens (including phenoxy) is 2. The molecule has 0 spiro atoms. The molecule has 92 valence electrons. The molecule has 1 rings (SSSR count). The summed E-state index contributed by atoms with van der Waals surface area (Å²) in [7, 11) is 1.56. The van der Waals surface area contributed by atoms with E-state index in [-0.39, 0.29) is 6.61 Å². The van der Waals surface area contributed by atoms with Crippen LogP contribution in [0, 0.1) is 5.41 Å². The number of carbonyl (C=O) groups excluding carboxylic acids is 2. The minimum atomic E-state index is -0.651. The number of aldehydes is 1. The molecule has 0 radical (unpaired) electrons. The molecule has 0 atom stereocenters. The second kappa shape index (κ2) is 5.48. The molecule has 17 heavy (non-hydrogen) atoms. The van der Waals surface area contributed by atoms with Crippen molar-refractivity contribution in [2.24, 2.45) is 5.41 Å². The standard InChI is InChI=1S/C13H16O4/c1-13(2,8-14)9-17-12(15)10-4-6-11(16-3)7-5-10/h4-8H,9H2,1-3H3. The van der Waals surface area contributed by atoms with E-state index in [1.165, 1.54) is 0 Å². The first-order valence-electron chi connectivity index (χ1n) is 5.26. The maximum absolute atomic E-state index is 11.6. The number of rotatable bonds is 5. The number of hydrogen-bond donors (Lipinski definition) is 0. The van der Waals surface area contributed by atoms with Crippen molar-refractivity contribution in [2.45, 2.75) is 13.8 Å². The third kappa shape index (κ3) is 3.90. The fourth-order valence-corrected chi connectivity index (χ4v) is 1.10. The highest BCUT2D eigenvalue weighted by atomic mass is 16.5. The molecule has 0 aliphatic heterocycles. The van der Waals surface area contributed by atoms with Gasteiger partial charge in [-0.3, -0.25) is 0 Å². The van der Waals surface area contributed by atoms with Crippen molar-refractivity contribution in [3.05, 3.63) is 29.8 Å². The molecular weight excluding hydrogens is 220 g/mol. The van der Waals surface area contributed by atoms with Gasteiger partial charge in [-0.2, -0.15) is 0 Å². The van der Waals surface area contributed by atoms with E-state index in [0.29, 0.717) is 11.3 Å². The van der Waals surface area contributed by atoms with Gasteiger partial charge in [-0.25, -0.2) is 4.79 Å². The Labute approximate surface area is 101 Å². The van der Waals surface area contributed by atoms with Crippen molar-refractivity contribution in [1.82, 2.24) is 0 Å². The summed E-state index contributed by atoms with van der Waals surface area (Å²) in [4.78, 5) is 22.3. The summed E-state index contributed by atoms with van der Waals surface area (Å²) in [5.41, 5.74) is -0.213. The monoisotopic (exact) mass is 236 g/mol. The molecule has 1 aromatic rings. The molecule has 4 heteroatoms. The second-order valence-electron chi connectivity index (χ2n) is 4.41. The highest BCUT2D eigenvalue weighted by molar-refractivity contribution is 5.89. The van der Waals surface area contributed by atoms with Crippen LogP contribution in [0.3, 0.4) is 0 Å². The lowest BCUT2D eigenvalue weighted by molar-refractivity contribution is -0.116. The van der Waals surface area contributed by atoms with E-state index < -0.39 is 11.4 Å². The number of benzene rings is 1. The number of carbonyl (C=O) groups is 2. The molecular formula is C13H16O4. The minimum Gasteiger partial charge on any atom is -0.497 e. The van der Waals surface area contributed by atoms with Gasteiger partial charge in [0.1, 0.15) is 18.6 Å². The Morgan fingerprint density at radius 3 is 2.35 bits per heavy atom. The van der Waals surface area contributed by atoms with Gasteiger partial charge in [0.25, 0.3) is 0 Å². The highest BCUT2D eigenvalue weighted by Gasteiger charge is 2.19. The summed E-state index contributed by atoms with van der Waals surface area (Å²) in [5, 5.41) is 0. The normalized spacial score (nSPS) is 10.8. The topological polar surface area (TPSA) is 52.6 Å². The van der Waals surface area contributed by atoms with Gasteiger partial charge < -0.3 is 14.3 Å². The third-order valence-electron chi connectivity index (χ3n) is 2.22. The first kappa shape index (κ1) is 13.2. The molecule has 0 bridgehead atoms. The molecule has 0 saturated carbocycles. The maximum Gasteiger partial charge on any atom is 0.338 e. The summed E-state index contributed by atoms with van der Waals surface area (Å²) in [6.07, 6.45) is 0.772. The Kier molecular flexibility index (Phi) is 4.26. The van der Waals surface area contributed by atoms with E-state index in [4.69, 9.17) is 9.47 Å². The van der Waals surface area contributed by atoms with Crippen molar-refractivity contribution in [3.8, 4) is 5.75 Å². The molecule has 0 heterocycles. The molecule has 0 N–H and O–H groups in total. The lowest BCUT2D eigenvalue weighted by atomic mass is 9.98. The van der Waals surface area contributed by atoms with Crippen LogP contribution >= 0.6 is 0 Å². The molecule has 0 unspecified atom stereocenters. The largest absolute Gasteiger partial charge is 0.497 e. The molecule has 1 aromatic carbocycles. The first-order valence-corrected chi connectivity index (χ1v) is 5.26. The lowest BCUT2D eigenvalue weighted by Gasteiger charge is -2.16. The number of methoxy groups -OCH3 is 1. The predicted molar refractivity (Wildman–Crippen MR) is 63.1 cm³/mol. The van der Waals surface area contributed by atoms with Gasteiger partial charge in [0.15, 0.2) is 0 Å². The Balaban J connectivity index is 2.61. The zero-order chi connectivity index (χ0) is 12.9. The Bertz CT molecular complexity index is 392. The smallest absolute Gasteiger partial charge is 0.338 e. The fraction of sp³-hybridized carbons (Fsp3) is 0.385. The molecule has 4 nitrogen and oxygen atoms in total. The van der Waals surface area contributed by atoms with Crippen LogP contribution in [0.25, 0.3) is 0 Å². The maximum atomic E-state index is 11.6. The van der Waals surface area contributed by atoms with Crippen molar-refractivity contribution >= 4 is 12.3 Å². The van der Waals surface area contributed by atoms with E-state index in [1.54, 1.807) is 45.2 Å². The SMILES string of the molecule is COc1ccc(C(=O)OCC(C)(C)C=O)cc1. The van der Waals surface area contributed by atoms with Gasteiger partial charge in [0, 0.05) is 0 Å². The average Bonchev–Trinajstić information content (AvgIpc) is 2.36.